The zero-order valence-electron chi connectivity index (χ0n) is 12.9. The Labute approximate surface area is 130 Å². The van der Waals surface area contributed by atoms with E-state index >= 15 is 0 Å². The highest BCUT2D eigenvalue weighted by Gasteiger charge is 2.40. The molecular weight excluding hydrogens is 288 g/mol. The number of rotatable bonds is 4. The number of carboxylic acid groups (broad SMARTS) is 1. The summed E-state index contributed by atoms with van der Waals surface area (Å²) >= 11 is 1.91. The molecule has 0 aromatic heterocycles. The number of likely N-dealkylation sites (tertiary alicyclic amines) is 1. The van der Waals surface area contributed by atoms with Gasteiger partial charge in [0.25, 0.3) is 0 Å². The summed E-state index contributed by atoms with van der Waals surface area (Å²) in [5.41, 5.74) is -0.803. The molecule has 21 heavy (non-hydrogen) atoms. The number of carbonyl (C=O) groups excluding carboxylic acids is 1. The molecule has 0 aromatic rings. The Balaban J connectivity index is 1.92. The molecule has 5 nitrogen and oxygen atoms in total. The van der Waals surface area contributed by atoms with Crippen LogP contribution < -0.4 is 5.32 Å². The number of amides is 2. The molecule has 2 rings (SSSR count). The zero-order chi connectivity index (χ0) is 15.5. The summed E-state index contributed by atoms with van der Waals surface area (Å²) in [6.45, 7) is 4.85. The van der Waals surface area contributed by atoms with Crippen molar-refractivity contribution < 1.29 is 14.7 Å². The maximum atomic E-state index is 12.4. The maximum Gasteiger partial charge on any atom is 0.317 e. The molecule has 0 spiro atoms. The lowest BCUT2D eigenvalue weighted by atomic mass is 9.82. The number of nitrogens with zero attached hydrogens (tertiary/aromatic N) is 1. The number of hydrogen-bond donors (Lipinski definition) is 2. The maximum absolute atomic E-state index is 12.4. The Morgan fingerprint density at radius 2 is 2.14 bits per heavy atom. The normalized spacial score (nSPS) is 33.0. The van der Waals surface area contributed by atoms with Crippen LogP contribution in [-0.4, -0.2) is 52.1 Å². The first-order chi connectivity index (χ1) is 9.96. The third-order valence-corrected chi connectivity index (χ3v) is 5.97. The number of nitrogens with one attached hydrogen (secondary N) is 1. The van der Waals surface area contributed by atoms with E-state index in [9.17, 15) is 14.7 Å². The number of carboxylic acids is 1. The molecule has 1 aliphatic carbocycles. The third-order valence-electron chi connectivity index (χ3n) is 4.64. The van der Waals surface area contributed by atoms with E-state index in [4.69, 9.17) is 0 Å². The second kappa shape index (κ2) is 6.90. The van der Waals surface area contributed by atoms with Crippen LogP contribution in [0.4, 0.5) is 4.79 Å². The van der Waals surface area contributed by atoms with Gasteiger partial charge in [-0.05, 0) is 38.4 Å². The van der Waals surface area contributed by atoms with Gasteiger partial charge in [-0.25, -0.2) is 4.79 Å². The molecule has 1 heterocycles. The van der Waals surface area contributed by atoms with E-state index in [0.717, 1.165) is 31.4 Å². The first-order valence-electron chi connectivity index (χ1n) is 7.87. The van der Waals surface area contributed by atoms with Crippen LogP contribution in [0.25, 0.3) is 0 Å². The van der Waals surface area contributed by atoms with Gasteiger partial charge < -0.3 is 15.3 Å². The molecule has 2 amide bonds. The van der Waals surface area contributed by atoms with Crippen LogP contribution in [0.2, 0.25) is 0 Å². The molecule has 2 aliphatic rings. The number of piperidine rings is 1. The number of carbonyl (C=O) groups is 2. The van der Waals surface area contributed by atoms with Gasteiger partial charge in [0.15, 0.2) is 0 Å². The van der Waals surface area contributed by atoms with Crippen molar-refractivity contribution in [2.24, 2.45) is 5.41 Å². The first kappa shape index (κ1) is 16.5. The molecule has 2 N–H and O–H groups in total. The number of aliphatic carboxylic acids is 1. The molecule has 3 unspecified atom stereocenters. The minimum Gasteiger partial charge on any atom is -0.481 e. The fourth-order valence-corrected chi connectivity index (χ4v) is 4.54. The van der Waals surface area contributed by atoms with Gasteiger partial charge in [-0.2, -0.15) is 11.8 Å². The molecule has 1 saturated carbocycles. The number of thioether (sulfide) groups is 1. The molecule has 6 heteroatoms. The van der Waals surface area contributed by atoms with Gasteiger partial charge in [0.1, 0.15) is 0 Å². The number of urea groups is 1. The SMILES string of the molecule is CCSC1CCCC1NC(=O)N1CCCC(C)(C(=O)O)C1. The predicted octanol–water partition coefficient (Wildman–Crippen LogP) is 2.56. The van der Waals surface area contributed by atoms with Crippen LogP contribution >= 0.6 is 11.8 Å². The average Bonchev–Trinajstić information content (AvgIpc) is 2.86. The number of hydrogen-bond acceptors (Lipinski definition) is 3. The van der Waals surface area contributed by atoms with Gasteiger partial charge in [-0.3, -0.25) is 4.79 Å². The van der Waals surface area contributed by atoms with Crippen molar-refractivity contribution in [2.45, 2.75) is 57.2 Å². The quantitative estimate of drug-likeness (QED) is 0.837. The summed E-state index contributed by atoms with van der Waals surface area (Å²) in [5.74, 6) is 0.262. The van der Waals surface area contributed by atoms with Crippen molar-refractivity contribution in [3.8, 4) is 0 Å². The van der Waals surface area contributed by atoms with Gasteiger partial charge in [0.05, 0.1) is 5.41 Å². The Hall–Kier alpha value is -0.910. The smallest absolute Gasteiger partial charge is 0.317 e. The van der Waals surface area contributed by atoms with Crippen molar-refractivity contribution in [1.29, 1.82) is 0 Å². The van der Waals surface area contributed by atoms with Gasteiger partial charge in [-0.1, -0.05) is 13.3 Å². The highest BCUT2D eigenvalue weighted by molar-refractivity contribution is 7.99. The van der Waals surface area contributed by atoms with Crippen molar-refractivity contribution >= 4 is 23.8 Å². The molecule has 120 valence electrons. The Morgan fingerprint density at radius 3 is 2.81 bits per heavy atom. The summed E-state index contributed by atoms with van der Waals surface area (Å²) in [4.78, 5) is 25.5. The second-order valence-electron chi connectivity index (χ2n) is 6.37. The van der Waals surface area contributed by atoms with Crippen LogP contribution in [0.5, 0.6) is 0 Å². The third kappa shape index (κ3) is 3.84. The molecule has 0 radical (unpaired) electrons. The lowest BCUT2D eigenvalue weighted by Gasteiger charge is -2.38. The Bertz CT molecular complexity index is 404. The van der Waals surface area contributed by atoms with Crippen LogP contribution in [0.1, 0.15) is 46.0 Å². The highest BCUT2D eigenvalue weighted by atomic mass is 32.2. The monoisotopic (exact) mass is 314 g/mol. The van der Waals surface area contributed by atoms with Crippen LogP contribution in [0.15, 0.2) is 0 Å². The summed E-state index contributed by atoms with van der Waals surface area (Å²) in [5, 5.41) is 13.0. The minimum atomic E-state index is -0.805. The van der Waals surface area contributed by atoms with E-state index in [2.05, 4.69) is 12.2 Å². The largest absolute Gasteiger partial charge is 0.481 e. The van der Waals surface area contributed by atoms with E-state index in [1.165, 1.54) is 0 Å². The van der Waals surface area contributed by atoms with Gasteiger partial charge in [0, 0.05) is 24.4 Å². The molecule has 3 atom stereocenters. The topological polar surface area (TPSA) is 69.6 Å². The Kier molecular flexibility index (Phi) is 5.41. The standard InChI is InChI=1S/C15H26N2O3S/c1-3-21-12-7-4-6-11(12)16-14(20)17-9-5-8-15(2,10-17)13(18)19/h11-12H,3-10H2,1-2H3,(H,16,20)(H,18,19). The molecular formula is C15H26N2O3S. The van der Waals surface area contributed by atoms with Crippen molar-refractivity contribution in [3.63, 3.8) is 0 Å². The van der Waals surface area contributed by atoms with Crippen molar-refractivity contribution in [1.82, 2.24) is 10.2 Å². The summed E-state index contributed by atoms with van der Waals surface area (Å²) in [6.07, 6.45) is 4.76. The molecule has 1 aliphatic heterocycles. The zero-order valence-corrected chi connectivity index (χ0v) is 13.7. The fourth-order valence-electron chi connectivity index (χ4n) is 3.34. The van der Waals surface area contributed by atoms with Gasteiger partial charge in [-0.15, -0.1) is 0 Å². The highest BCUT2D eigenvalue weighted by Crippen LogP contribution is 2.32. The second-order valence-corrected chi connectivity index (χ2v) is 7.89. The van der Waals surface area contributed by atoms with E-state index in [0.29, 0.717) is 24.8 Å². The van der Waals surface area contributed by atoms with Crippen LogP contribution in [0, 0.1) is 5.41 Å². The lowest BCUT2D eigenvalue weighted by Crippen LogP contribution is -2.54. The summed E-state index contributed by atoms with van der Waals surface area (Å²) in [7, 11) is 0. The van der Waals surface area contributed by atoms with Crippen LogP contribution in [0.3, 0.4) is 0 Å². The molecule has 1 saturated heterocycles. The fraction of sp³-hybridized carbons (Fsp3) is 0.867. The first-order valence-corrected chi connectivity index (χ1v) is 8.91. The van der Waals surface area contributed by atoms with E-state index in [1.807, 2.05) is 11.8 Å². The van der Waals surface area contributed by atoms with Crippen molar-refractivity contribution in [3.05, 3.63) is 0 Å². The van der Waals surface area contributed by atoms with Gasteiger partial charge in [0.2, 0.25) is 0 Å². The van der Waals surface area contributed by atoms with Crippen LogP contribution in [-0.2, 0) is 4.79 Å². The summed E-state index contributed by atoms with van der Waals surface area (Å²) in [6, 6.07) is 0.149. The van der Waals surface area contributed by atoms with Gasteiger partial charge >= 0.3 is 12.0 Å². The molecule has 2 fully saturated rings. The van der Waals surface area contributed by atoms with Crippen molar-refractivity contribution in [2.75, 3.05) is 18.8 Å². The lowest BCUT2D eigenvalue weighted by molar-refractivity contribution is -0.150. The Morgan fingerprint density at radius 1 is 1.38 bits per heavy atom. The van der Waals surface area contributed by atoms with E-state index in [1.54, 1.807) is 11.8 Å². The summed E-state index contributed by atoms with van der Waals surface area (Å²) < 4.78 is 0. The minimum absolute atomic E-state index is 0.0872. The predicted molar refractivity (Wildman–Crippen MR) is 84.6 cm³/mol. The molecule has 0 bridgehead atoms. The molecule has 0 aromatic carbocycles. The average molecular weight is 314 g/mol. The van der Waals surface area contributed by atoms with E-state index < -0.39 is 11.4 Å². The van der Waals surface area contributed by atoms with E-state index in [-0.39, 0.29) is 12.1 Å².